The molecule has 0 saturated carbocycles. The van der Waals surface area contributed by atoms with Crippen molar-refractivity contribution in [2.75, 3.05) is 6.26 Å². The Labute approximate surface area is 191 Å². The molecular formula is C22H17F5N2O4S. The van der Waals surface area contributed by atoms with Crippen LogP contribution in [-0.4, -0.2) is 20.6 Å². The van der Waals surface area contributed by atoms with Gasteiger partial charge in [0.05, 0.1) is 10.9 Å². The Bertz CT molecular complexity index is 1370. The summed E-state index contributed by atoms with van der Waals surface area (Å²) in [6, 6.07) is 6.68. The number of hydrogen-bond acceptors (Lipinski definition) is 4. The van der Waals surface area contributed by atoms with Gasteiger partial charge in [0.1, 0.15) is 11.6 Å². The van der Waals surface area contributed by atoms with Crippen LogP contribution in [-0.2, 0) is 16.0 Å². The van der Waals surface area contributed by atoms with E-state index in [-0.39, 0.29) is 31.9 Å². The molecule has 0 aliphatic carbocycles. The van der Waals surface area contributed by atoms with Crippen molar-refractivity contribution >= 4 is 15.7 Å². The van der Waals surface area contributed by atoms with Gasteiger partial charge in [-0.25, -0.2) is 17.2 Å². The molecule has 0 aliphatic rings. The predicted molar refractivity (Wildman–Crippen MR) is 111 cm³/mol. The lowest BCUT2D eigenvalue weighted by molar-refractivity contribution is -0.629. The van der Waals surface area contributed by atoms with E-state index in [1.807, 2.05) is 0 Å². The van der Waals surface area contributed by atoms with E-state index in [1.165, 1.54) is 13.0 Å². The van der Waals surface area contributed by atoms with Gasteiger partial charge in [-0.15, -0.1) is 0 Å². The number of aromatic nitrogens is 1. The van der Waals surface area contributed by atoms with Gasteiger partial charge in [-0.1, -0.05) is 0 Å². The number of alkyl halides is 3. The fraction of sp³-hybridized carbons (Fsp3) is 0.182. The van der Waals surface area contributed by atoms with Crippen LogP contribution in [0, 0.1) is 16.8 Å². The van der Waals surface area contributed by atoms with Crippen molar-refractivity contribution in [3.8, 4) is 11.1 Å². The van der Waals surface area contributed by atoms with E-state index in [9.17, 15) is 40.4 Å². The SMILES string of the molecule is C[C@H](NC(=O)c1cc(-c2ccc(F)cc2F)cc(S(C)(=O)=O)c1)c1ccc(C(F)(F)F)[n+]([O-])c1. The number of nitrogens with one attached hydrogen (secondary N) is 1. The number of nitrogens with zero attached hydrogens (tertiary/aromatic N) is 1. The summed E-state index contributed by atoms with van der Waals surface area (Å²) in [6.45, 7) is 1.40. The molecule has 1 aromatic heterocycles. The molecule has 0 radical (unpaired) electrons. The van der Waals surface area contributed by atoms with Gasteiger partial charge in [0.2, 0.25) is 0 Å². The van der Waals surface area contributed by atoms with E-state index in [1.54, 1.807) is 0 Å². The summed E-state index contributed by atoms with van der Waals surface area (Å²) in [6.07, 6.45) is -3.31. The highest BCUT2D eigenvalue weighted by molar-refractivity contribution is 7.90. The van der Waals surface area contributed by atoms with Crippen molar-refractivity contribution in [2.45, 2.75) is 24.0 Å². The molecule has 2 aromatic carbocycles. The zero-order chi connectivity index (χ0) is 25.4. The Hall–Kier alpha value is -3.54. The first-order chi connectivity index (χ1) is 15.7. The normalized spacial score (nSPS) is 12.9. The summed E-state index contributed by atoms with van der Waals surface area (Å²) in [4.78, 5) is 12.5. The van der Waals surface area contributed by atoms with Crippen LogP contribution < -0.4 is 10.0 Å². The van der Waals surface area contributed by atoms with Gasteiger partial charge in [0, 0.05) is 35.1 Å². The molecule has 0 aliphatic heterocycles. The first-order valence-electron chi connectivity index (χ1n) is 9.58. The highest BCUT2D eigenvalue weighted by atomic mass is 32.2. The van der Waals surface area contributed by atoms with Gasteiger partial charge in [-0.05, 0) is 48.9 Å². The van der Waals surface area contributed by atoms with Crippen LogP contribution in [0.2, 0.25) is 0 Å². The molecule has 1 heterocycles. The third-order valence-corrected chi connectivity index (χ3v) is 6.01. The second-order valence-electron chi connectivity index (χ2n) is 7.51. The lowest BCUT2D eigenvalue weighted by atomic mass is 10.0. The largest absolute Gasteiger partial charge is 0.618 e. The highest BCUT2D eigenvalue weighted by Crippen LogP contribution is 2.29. The van der Waals surface area contributed by atoms with Crippen LogP contribution in [0.5, 0.6) is 0 Å². The second-order valence-corrected chi connectivity index (χ2v) is 9.52. The number of carbonyl (C=O) groups excluding carboxylic acids is 1. The summed E-state index contributed by atoms with van der Waals surface area (Å²) in [5, 5.41) is 14.2. The number of hydrogen-bond donors (Lipinski definition) is 1. The van der Waals surface area contributed by atoms with Gasteiger partial charge in [-0.2, -0.15) is 17.9 Å². The Morgan fingerprint density at radius 3 is 2.29 bits per heavy atom. The van der Waals surface area contributed by atoms with E-state index < -0.39 is 45.3 Å². The molecule has 12 heteroatoms. The van der Waals surface area contributed by atoms with Crippen molar-refractivity contribution in [1.82, 2.24) is 5.32 Å². The van der Waals surface area contributed by atoms with E-state index >= 15 is 0 Å². The van der Waals surface area contributed by atoms with Crippen molar-refractivity contribution in [2.24, 2.45) is 0 Å². The molecule has 0 fully saturated rings. The van der Waals surface area contributed by atoms with Crippen LogP contribution in [0.15, 0.2) is 59.6 Å². The van der Waals surface area contributed by atoms with Crippen LogP contribution in [0.3, 0.4) is 0 Å². The number of pyridine rings is 1. The number of halogens is 5. The zero-order valence-electron chi connectivity index (χ0n) is 17.7. The van der Waals surface area contributed by atoms with E-state index in [0.717, 1.165) is 36.6 Å². The maximum absolute atomic E-state index is 14.3. The third kappa shape index (κ3) is 5.50. The Balaban J connectivity index is 1.97. The number of rotatable bonds is 5. The molecular weight excluding hydrogens is 483 g/mol. The fourth-order valence-corrected chi connectivity index (χ4v) is 3.84. The molecule has 180 valence electrons. The fourth-order valence-electron chi connectivity index (χ4n) is 3.16. The number of sulfone groups is 1. The number of carbonyl (C=O) groups is 1. The zero-order valence-corrected chi connectivity index (χ0v) is 18.5. The summed E-state index contributed by atoms with van der Waals surface area (Å²) in [5.74, 6) is -2.66. The van der Waals surface area contributed by atoms with Crippen LogP contribution in [0.25, 0.3) is 11.1 Å². The summed E-state index contributed by atoms with van der Waals surface area (Å²) < 4.78 is 89.8. The lowest BCUT2D eigenvalue weighted by Crippen LogP contribution is -2.38. The molecule has 6 nitrogen and oxygen atoms in total. The molecule has 34 heavy (non-hydrogen) atoms. The summed E-state index contributed by atoms with van der Waals surface area (Å²) >= 11 is 0. The molecule has 1 amide bonds. The molecule has 0 spiro atoms. The number of benzene rings is 2. The van der Waals surface area contributed by atoms with E-state index in [4.69, 9.17) is 0 Å². The minimum Gasteiger partial charge on any atom is -0.618 e. The topological polar surface area (TPSA) is 90.2 Å². The predicted octanol–water partition coefficient (Wildman–Crippen LogP) is 4.18. The maximum atomic E-state index is 14.3. The minimum atomic E-state index is -4.86. The molecule has 1 atom stereocenters. The lowest BCUT2D eigenvalue weighted by Gasteiger charge is -2.16. The molecule has 0 bridgehead atoms. The summed E-state index contributed by atoms with van der Waals surface area (Å²) in [7, 11) is -3.84. The number of amides is 1. The van der Waals surface area contributed by atoms with Crippen LogP contribution >= 0.6 is 0 Å². The van der Waals surface area contributed by atoms with Gasteiger partial charge < -0.3 is 10.5 Å². The molecule has 0 saturated heterocycles. The monoisotopic (exact) mass is 500 g/mol. The Morgan fingerprint density at radius 1 is 1.06 bits per heavy atom. The highest BCUT2D eigenvalue weighted by Gasteiger charge is 2.39. The third-order valence-electron chi connectivity index (χ3n) is 4.91. The van der Waals surface area contributed by atoms with Crippen molar-refractivity contribution < 1.29 is 39.9 Å². The second kappa shape index (κ2) is 9.01. The molecule has 1 N–H and O–H groups in total. The minimum absolute atomic E-state index is 0.00911. The molecule has 3 aromatic rings. The summed E-state index contributed by atoms with van der Waals surface area (Å²) in [5.41, 5.74) is -1.73. The van der Waals surface area contributed by atoms with Crippen LogP contribution in [0.1, 0.15) is 34.6 Å². The molecule has 0 unspecified atom stereocenters. The van der Waals surface area contributed by atoms with Crippen molar-refractivity contribution in [1.29, 1.82) is 0 Å². The first-order valence-corrected chi connectivity index (χ1v) is 11.5. The smallest absolute Gasteiger partial charge is 0.478 e. The molecule has 3 rings (SSSR count). The van der Waals surface area contributed by atoms with E-state index in [0.29, 0.717) is 18.3 Å². The van der Waals surface area contributed by atoms with Crippen molar-refractivity contribution in [3.05, 3.63) is 88.4 Å². The Kier molecular flexibility index (Phi) is 6.65. The Morgan fingerprint density at radius 2 is 1.74 bits per heavy atom. The van der Waals surface area contributed by atoms with Gasteiger partial charge in [0.15, 0.2) is 16.0 Å². The van der Waals surface area contributed by atoms with E-state index in [2.05, 4.69) is 5.32 Å². The van der Waals surface area contributed by atoms with Crippen molar-refractivity contribution in [3.63, 3.8) is 0 Å². The van der Waals surface area contributed by atoms with Gasteiger partial charge in [-0.3, -0.25) is 4.79 Å². The van der Waals surface area contributed by atoms with Crippen LogP contribution in [0.4, 0.5) is 22.0 Å². The maximum Gasteiger partial charge on any atom is 0.478 e. The quantitative estimate of drug-likeness (QED) is 0.323. The standard InChI is InChI=1S/C22H17F5N2O4S/c1-12(13-3-6-20(22(25,26)27)29(31)11-13)28-21(30)15-7-14(8-17(9-15)34(2,32)33)18-5-4-16(23)10-19(18)24/h3-12H,1-2H3,(H,28,30)/t12-/m0/s1. The first kappa shape index (κ1) is 25.1. The van der Waals surface area contributed by atoms with Gasteiger partial charge >= 0.3 is 6.18 Å². The van der Waals surface area contributed by atoms with Gasteiger partial charge in [0.25, 0.3) is 11.6 Å². The average Bonchev–Trinajstić information content (AvgIpc) is 2.71. The average molecular weight is 500 g/mol.